The minimum atomic E-state index is -3.45. The average Bonchev–Trinajstić information content (AvgIpc) is 2.57. The lowest BCUT2D eigenvalue weighted by Gasteiger charge is -2.33. The van der Waals surface area contributed by atoms with Crippen LogP contribution in [0.3, 0.4) is 0 Å². The predicted molar refractivity (Wildman–Crippen MR) is 80.2 cm³/mol. The second-order valence-corrected chi connectivity index (χ2v) is 10.3. The van der Waals surface area contributed by atoms with Gasteiger partial charge in [0, 0.05) is 19.1 Å². The number of nitrogens with zero attached hydrogens (tertiary/aromatic N) is 1. The molecule has 2 rings (SSSR count). The summed E-state index contributed by atoms with van der Waals surface area (Å²) >= 11 is 7.96. The molecule has 2 N–H and O–H groups in total. The molecule has 0 aromatic carbocycles. The highest BCUT2D eigenvalue weighted by atomic mass is 79.9. The molecule has 8 heteroatoms. The Morgan fingerprint density at radius 2 is 2.11 bits per heavy atom. The van der Waals surface area contributed by atoms with Gasteiger partial charge in [-0.05, 0) is 50.3 Å². The number of thiophene rings is 1. The summed E-state index contributed by atoms with van der Waals surface area (Å²) < 4.78 is 28.0. The maximum Gasteiger partial charge on any atom is 0.245 e. The van der Waals surface area contributed by atoms with Gasteiger partial charge >= 0.3 is 0 Å². The summed E-state index contributed by atoms with van der Waals surface area (Å²) in [6, 6.07) is 1.55. The Morgan fingerprint density at radius 1 is 1.44 bits per heavy atom. The van der Waals surface area contributed by atoms with Gasteiger partial charge in [-0.1, -0.05) is 6.92 Å². The third-order valence-corrected chi connectivity index (χ3v) is 7.49. The van der Waals surface area contributed by atoms with Gasteiger partial charge in [0.25, 0.3) is 0 Å². The van der Waals surface area contributed by atoms with Crippen LogP contribution in [0.5, 0.6) is 0 Å². The summed E-state index contributed by atoms with van der Waals surface area (Å²) in [6.45, 7) is 2.96. The molecular formula is C10H14Br2N2O2S2. The van der Waals surface area contributed by atoms with Gasteiger partial charge in [-0.25, -0.2) is 8.42 Å². The Balaban J connectivity index is 2.34. The largest absolute Gasteiger partial charge is 0.326 e. The Kier molecular flexibility index (Phi) is 4.56. The molecule has 0 aliphatic carbocycles. The molecule has 2 atom stereocenters. The molecule has 4 nitrogen and oxygen atoms in total. The number of nitrogens with two attached hydrogens (primary N) is 1. The maximum absolute atomic E-state index is 12.5. The zero-order valence-electron chi connectivity index (χ0n) is 9.77. The first kappa shape index (κ1) is 14.9. The van der Waals surface area contributed by atoms with Crippen molar-refractivity contribution >= 4 is 53.2 Å². The van der Waals surface area contributed by atoms with E-state index >= 15 is 0 Å². The Bertz CT molecular complexity index is 534. The SMILES string of the molecule is CC1CC(N)CN(S(=O)(=O)c2cc(Br)sc2Br)C1. The summed E-state index contributed by atoms with van der Waals surface area (Å²) in [5, 5.41) is 0. The highest BCUT2D eigenvalue weighted by molar-refractivity contribution is 9.12. The smallest absolute Gasteiger partial charge is 0.245 e. The minimum absolute atomic E-state index is 0.0793. The van der Waals surface area contributed by atoms with Crippen molar-refractivity contribution in [3.8, 4) is 0 Å². The Hall–Kier alpha value is 0.530. The molecule has 0 bridgehead atoms. The monoisotopic (exact) mass is 416 g/mol. The first-order valence-corrected chi connectivity index (χ1v) is 9.35. The molecule has 2 unspecified atom stereocenters. The van der Waals surface area contributed by atoms with E-state index in [-0.39, 0.29) is 6.04 Å². The topological polar surface area (TPSA) is 63.4 Å². The van der Waals surface area contributed by atoms with Gasteiger partial charge in [0.05, 0.1) is 7.57 Å². The molecule has 102 valence electrons. The molecule has 0 amide bonds. The quantitative estimate of drug-likeness (QED) is 0.804. The summed E-state index contributed by atoms with van der Waals surface area (Å²) in [4.78, 5) is 0.320. The van der Waals surface area contributed by atoms with Gasteiger partial charge in [-0.3, -0.25) is 0 Å². The van der Waals surface area contributed by atoms with Gasteiger partial charge in [-0.2, -0.15) is 4.31 Å². The van der Waals surface area contributed by atoms with Crippen LogP contribution in [0.4, 0.5) is 0 Å². The van der Waals surface area contributed by atoms with Gasteiger partial charge in [0.1, 0.15) is 4.90 Å². The number of halogens is 2. The van der Waals surface area contributed by atoms with Crippen molar-refractivity contribution in [1.29, 1.82) is 0 Å². The first-order valence-electron chi connectivity index (χ1n) is 5.51. The van der Waals surface area contributed by atoms with E-state index in [2.05, 4.69) is 31.9 Å². The maximum atomic E-state index is 12.5. The van der Waals surface area contributed by atoms with Crippen molar-refractivity contribution in [1.82, 2.24) is 4.31 Å². The summed E-state index contributed by atoms with van der Waals surface area (Å²) in [6.07, 6.45) is 0.876. The van der Waals surface area contributed by atoms with Crippen LogP contribution in [-0.4, -0.2) is 31.9 Å². The third-order valence-electron chi connectivity index (χ3n) is 2.90. The zero-order chi connectivity index (χ0) is 13.5. The van der Waals surface area contributed by atoms with E-state index in [1.54, 1.807) is 6.07 Å². The lowest BCUT2D eigenvalue weighted by atomic mass is 9.99. The molecule has 1 aliphatic heterocycles. The molecule has 0 spiro atoms. The fourth-order valence-electron chi connectivity index (χ4n) is 2.19. The van der Waals surface area contributed by atoms with Gasteiger partial charge < -0.3 is 5.73 Å². The number of piperidine rings is 1. The van der Waals surface area contributed by atoms with E-state index in [1.165, 1.54) is 15.6 Å². The van der Waals surface area contributed by atoms with Crippen LogP contribution in [0.2, 0.25) is 0 Å². The fourth-order valence-corrected chi connectivity index (χ4v) is 7.56. The lowest BCUT2D eigenvalue weighted by molar-refractivity contribution is 0.254. The van der Waals surface area contributed by atoms with E-state index in [4.69, 9.17) is 5.73 Å². The van der Waals surface area contributed by atoms with Crippen molar-refractivity contribution in [2.45, 2.75) is 24.3 Å². The third kappa shape index (κ3) is 2.99. The molecule has 0 saturated carbocycles. The van der Waals surface area contributed by atoms with E-state index in [9.17, 15) is 8.42 Å². The highest BCUT2D eigenvalue weighted by Crippen LogP contribution is 2.37. The van der Waals surface area contributed by atoms with Crippen molar-refractivity contribution in [3.05, 3.63) is 13.6 Å². The first-order chi connectivity index (χ1) is 8.30. The van der Waals surface area contributed by atoms with Crippen LogP contribution in [-0.2, 0) is 10.0 Å². The molecule has 2 heterocycles. The summed E-state index contributed by atoms with van der Waals surface area (Å²) in [7, 11) is -3.45. The normalized spacial score (nSPS) is 26.4. The molecule has 1 aliphatic rings. The predicted octanol–water partition coefficient (Wildman–Crippen LogP) is 2.63. The van der Waals surface area contributed by atoms with Crippen LogP contribution < -0.4 is 5.73 Å². The summed E-state index contributed by atoms with van der Waals surface area (Å²) in [5.74, 6) is 0.296. The second-order valence-electron chi connectivity index (χ2n) is 4.61. The number of rotatable bonds is 2. The second kappa shape index (κ2) is 5.49. The minimum Gasteiger partial charge on any atom is -0.326 e. The van der Waals surface area contributed by atoms with Crippen LogP contribution in [0.25, 0.3) is 0 Å². The molecule has 1 aromatic heterocycles. The van der Waals surface area contributed by atoms with E-state index in [0.29, 0.717) is 27.7 Å². The average molecular weight is 418 g/mol. The Morgan fingerprint density at radius 3 is 2.61 bits per heavy atom. The van der Waals surface area contributed by atoms with Crippen molar-refractivity contribution in [2.24, 2.45) is 11.7 Å². The summed E-state index contributed by atoms with van der Waals surface area (Å²) in [5.41, 5.74) is 5.91. The standard InChI is InChI=1S/C10H14Br2N2O2S2/c1-6-2-7(13)5-14(4-6)18(15,16)8-3-9(11)17-10(8)12/h3,6-7H,2,4-5,13H2,1H3. The molecule has 0 radical (unpaired) electrons. The molecule has 1 aromatic rings. The van der Waals surface area contributed by atoms with Crippen molar-refractivity contribution in [3.63, 3.8) is 0 Å². The van der Waals surface area contributed by atoms with Crippen LogP contribution >= 0.6 is 43.2 Å². The van der Waals surface area contributed by atoms with E-state index in [0.717, 1.165) is 10.2 Å². The van der Waals surface area contributed by atoms with Crippen molar-refractivity contribution in [2.75, 3.05) is 13.1 Å². The zero-order valence-corrected chi connectivity index (χ0v) is 14.6. The highest BCUT2D eigenvalue weighted by Gasteiger charge is 2.33. The molecule has 1 fully saturated rings. The van der Waals surface area contributed by atoms with E-state index in [1.807, 2.05) is 6.92 Å². The number of hydrogen-bond donors (Lipinski definition) is 1. The lowest BCUT2D eigenvalue weighted by Crippen LogP contribution is -2.48. The molecule has 18 heavy (non-hydrogen) atoms. The number of hydrogen-bond acceptors (Lipinski definition) is 4. The van der Waals surface area contributed by atoms with Crippen LogP contribution in [0, 0.1) is 5.92 Å². The Labute approximate surface area is 128 Å². The van der Waals surface area contributed by atoms with Crippen LogP contribution in [0.15, 0.2) is 18.5 Å². The van der Waals surface area contributed by atoms with Gasteiger partial charge in [0.2, 0.25) is 10.0 Å². The van der Waals surface area contributed by atoms with E-state index < -0.39 is 10.0 Å². The van der Waals surface area contributed by atoms with Crippen LogP contribution in [0.1, 0.15) is 13.3 Å². The molecular weight excluding hydrogens is 404 g/mol. The molecule has 1 saturated heterocycles. The fraction of sp³-hybridized carbons (Fsp3) is 0.600. The van der Waals surface area contributed by atoms with Gasteiger partial charge in [-0.15, -0.1) is 11.3 Å². The van der Waals surface area contributed by atoms with Gasteiger partial charge in [0.15, 0.2) is 0 Å². The van der Waals surface area contributed by atoms with Crippen molar-refractivity contribution < 1.29 is 8.42 Å². The number of sulfonamides is 1.